The standard InChI is InChI=1S/C27H34FN3O5S2/c1-21(12-19-37(2,33)34)29-26(32)27(28)13-17-31(18-14-27)38(35,36)25-11-10-23(30-15-6-7-16-30)20-24(25)22-8-4-3-5-9-22/h3-5,8-12,19-21H,6-7,13-18H2,1-2H3,(H,29,32)/b19-12-/t21-/m1/s1. The predicted octanol–water partition coefficient (Wildman–Crippen LogP) is 3.51. The Hall–Kier alpha value is -2.76. The predicted molar refractivity (Wildman–Crippen MR) is 147 cm³/mol. The van der Waals surface area contributed by atoms with Crippen molar-refractivity contribution in [1.82, 2.24) is 9.62 Å². The molecule has 0 bridgehead atoms. The Morgan fingerprint density at radius 2 is 1.63 bits per heavy atom. The highest BCUT2D eigenvalue weighted by molar-refractivity contribution is 7.93. The van der Waals surface area contributed by atoms with Crippen molar-refractivity contribution in [1.29, 1.82) is 0 Å². The molecule has 0 aliphatic carbocycles. The van der Waals surface area contributed by atoms with Crippen molar-refractivity contribution in [3.05, 3.63) is 60.0 Å². The summed E-state index contributed by atoms with van der Waals surface area (Å²) >= 11 is 0. The van der Waals surface area contributed by atoms with Gasteiger partial charge in [-0.15, -0.1) is 0 Å². The first-order chi connectivity index (χ1) is 17.9. The molecule has 8 nitrogen and oxygen atoms in total. The van der Waals surface area contributed by atoms with Crippen LogP contribution in [0, 0.1) is 0 Å². The number of piperidine rings is 1. The molecule has 11 heteroatoms. The first-order valence-electron chi connectivity index (χ1n) is 12.7. The number of amides is 1. The number of alkyl halides is 1. The number of carbonyl (C=O) groups excluding carboxylic acids is 1. The zero-order valence-corrected chi connectivity index (χ0v) is 23.3. The largest absolute Gasteiger partial charge is 0.372 e. The van der Waals surface area contributed by atoms with E-state index in [-0.39, 0.29) is 30.8 Å². The van der Waals surface area contributed by atoms with E-state index in [1.54, 1.807) is 13.0 Å². The molecule has 2 aromatic rings. The van der Waals surface area contributed by atoms with E-state index < -0.39 is 37.5 Å². The number of anilines is 1. The highest BCUT2D eigenvalue weighted by Crippen LogP contribution is 2.36. The summed E-state index contributed by atoms with van der Waals surface area (Å²) in [7, 11) is -7.34. The average Bonchev–Trinajstić information content (AvgIpc) is 3.43. The molecule has 2 aromatic carbocycles. The van der Waals surface area contributed by atoms with Gasteiger partial charge in [-0.05, 0) is 43.5 Å². The van der Waals surface area contributed by atoms with Gasteiger partial charge < -0.3 is 10.2 Å². The van der Waals surface area contributed by atoms with E-state index in [9.17, 15) is 21.6 Å². The summed E-state index contributed by atoms with van der Waals surface area (Å²) in [6, 6.07) is 14.0. The van der Waals surface area contributed by atoms with Crippen LogP contribution in [-0.4, -0.2) is 71.2 Å². The number of benzene rings is 2. The molecule has 2 fully saturated rings. The van der Waals surface area contributed by atoms with Crippen molar-refractivity contribution >= 4 is 31.5 Å². The van der Waals surface area contributed by atoms with Crippen LogP contribution in [0.4, 0.5) is 10.1 Å². The van der Waals surface area contributed by atoms with Gasteiger partial charge in [-0.1, -0.05) is 36.4 Å². The number of hydrogen-bond donors (Lipinski definition) is 1. The molecule has 206 valence electrons. The van der Waals surface area contributed by atoms with Gasteiger partial charge >= 0.3 is 0 Å². The summed E-state index contributed by atoms with van der Waals surface area (Å²) in [4.78, 5) is 15.0. The lowest BCUT2D eigenvalue weighted by molar-refractivity contribution is -0.135. The van der Waals surface area contributed by atoms with Crippen molar-refractivity contribution in [2.24, 2.45) is 0 Å². The molecule has 2 aliphatic heterocycles. The lowest BCUT2D eigenvalue weighted by atomic mass is 9.93. The number of nitrogens with one attached hydrogen (secondary N) is 1. The quantitative estimate of drug-likeness (QED) is 0.527. The van der Waals surface area contributed by atoms with Crippen LogP contribution in [0.2, 0.25) is 0 Å². The van der Waals surface area contributed by atoms with Crippen LogP contribution >= 0.6 is 0 Å². The van der Waals surface area contributed by atoms with E-state index in [1.807, 2.05) is 42.5 Å². The van der Waals surface area contributed by atoms with Gasteiger partial charge in [0.1, 0.15) is 0 Å². The maximum Gasteiger partial charge on any atom is 0.258 e. The fraction of sp³-hybridized carbons (Fsp3) is 0.444. The molecule has 1 atom stereocenters. The molecule has 1 amide bonds. The van der Waals surface area contributed by atoms with Gasteiger partial charge in [-0.2, -0.15) is 4.31 Å². The molecule has 1 N–H and O–H groups in total. The topological polar surface area (TPSA) is 104 Å². The normalized spacial score (nSPS) is 19.5. The molecule has 2 heterocycles. The lowest BCUT2D eigenvalue weighted by Gasteiger charge is -2.35. The van der Waals surface area contributed by atoms with Gasteiger partial charge in [0, 0.05) is 68.0 Å². The van der Waals surface area contributed by atoms with Crippen LogP contribution < -0.4 is 10.2 Å². The van der Waals surface area contributed by atoms with Gasteiger partial charge in [0.2, 0.25) is 10.0 Å². The second kappa shape index (κ2) is 11.2. The van der Waals surface area contributed by atoms with Crippen molar-refractivity contribution in [2.75, 3.05) is 37.3 Å². The minimum absolute atomic E-state index is 0.151. The van der Waals surface area contributed by atoms with Crippen molar-refractivity contribution in [3.8, 4) is 11.1 Å². The van der Waals surface area contributed by atoms with E-state index in [0.29, 0.717) is 5.56 Å². The first-order valence-corrected chi connectivity index (χ1v) is 16.1. The zero-order chi connectivity index (χ0) is 27.6. The molecule has 2 aliphatic rings. The van der Waals surface area contributed by atoms with E-state index in [0.717, 1.165) is 48.8 Å². The number of nitrogens with zero attached hydrogens (tertiary/aromatic N) is 2. The Balaban J connectivity index is 1.53. The number of sulfone groups is 1. The third kappa shape index (κ3) is 6.44. The molecule has 38 heavy (non-hydrogen) atoms. The summed E-state index contributed by atoms with van der Waals surface area (Å²) < 4.78 is 66.9. The summed E-state index contributed by atoms with van der Waals surface area (Å²) in [6.07, 6.45) is 3.89. The van der Waals surface area contributed by atoms with E-state index in [2.05, 4.69) is 10.2 Å². The fourth-order valence-electron chi connectivity index (χ4n) is 4.85. The molecule has 0 saturated carbocycles. The molecule has 0 unspecified atom stereocenters. The van der Waals surface area contributed by atoms with Crippen LogP contribution in [0.3, 0.4) is 0 Å². The smallest absolute Gasteiger partial charge is 0.258 e. The number of rotatable bonds is 8. The average molecular weight is 564 g/mol. The third-order valence-electron chi connectivity index (χ3n) is 7.03. The lowest BCUT2D eigenvalue weighted by Crippen LogP contribution is -2.53. The summed E-state index contributed by atoms with van der Waals surface area (Å²) in [5.41, 5.74) is 0.0920. The highest BCUT2D eigenvalue weighted by atomic mass is 32.2. The highest BCUT2D eigenvalue weighted by Gasteiger charge is 2.45. The van der Waals surface area contributed by atoms with Crippen molar-refractivity contribution < 1.29 is 26.0 Å². The maximum absolute atomic E-state index is 15.6. The Bertz CT molecular complexity index is 1400. The SMILES string of the molecule is C[C@H](/C=C\S(C)(=O)=O)NC(=O)C1(F)CCN(S(=O)(=O)c2ccc(N3CCCC3)cc2-c2ccccc2)CC1. The molecule has 0 spiro atoms. The third-order valence-corrected chi connectivity index (χ3v) is 9.64. The fourth-order valence-corrected chi connectivity index (χ4v) is 7.01. The Morgan fingerprint density at radius 3 is 2.24 bits per heavy atom. The van der Waals surface area contributed by atoms with Crippen LogP contribution in [0.1, 0.15) is 32.6 Å². The zero-order valence-electron chi connectivity index (χ0n) is 21.6. The van der Waals surface area contributed by atoms with Gasteiger partial charge in [0.05, 0.1) is 4.90 Å². The van der Waals surface area contributed by atoms with Crippen LogP contribution in [0.25, 0.3) is 11.1 Å². The Kier molecular flexibility index (Phi) is 8.29. The molecule has 0 radical (unpaired) electrons. The summed E-state index contributed by atoms with van der Waals surface area (Å²) in [5, 5.41) is 3.43. The molecule has 4 rings (SSSR count). The molecule has 2 saturated heterocycles. The maximum atomic E-state index is 15.6. The van der Waals surface area contributed by atoms with Crippen molar-refractivity contribution in [2.45, 2.75) is 49.2 Å². The second-order valence-corrected chi connectivity index (χ2v) is 13.9. The monoisotopic (exact) mass is 563 g/mol. The van der Waals surface area contributed by atoms with E-state index in [1.165, 1.54) is 10.4 Å². The number of sulfonamides is 1. The number of halogens is 1. The summed E-state index contributed by atoms with van der Waals surface area (Å²) in [6.45, 7) is 3.09. The molecular weight excluding hydrogens is 529 g/mol. The number of carbonyl (C=O) groups is 1. The van der Waals surface area contributed by atoms with Crippen LogP contribution in [-0.2, 0) is 24.7 Å². The number of hydrogen-bond acceptors (Lipinski definition) is 6. The van der Waals surface area contributed by atoms with Crippen molar-refractivity contribution in [3.63, 3.8) is 0 Å². The van der Waals surface area contributed by atoms with Gasteiger partial charge in [0.15, 0.2) is 15.5 Å². The van der Waals surface area contributed by atoms with Gasteiger partial charge in [-0.25, -0.2) is 21.2 Å². The Morgan fingerprint density at radius 1 is 1.00 bits per heavy atom. The minimum Gasteiger partial charge on any atom is -0.372 e. The first kappa shape index (κ1) is 28.3. The molecule has 0 aromatic heterocycles. The molecular formula is C27H34FN3O5S2. The van der Waals surface area contributed by atoms with Crippen LogP contribution in [0.15, 0.2) is 64.9 Å². The van der Waals surface area contributed by atoms with Crippen LogP contribution in [0.5, 0.6) is 0 Å². The summed E-state index contributed by atoms with van der Waals surface area (Å²) in [5.74, 6) is -0.875. The minimum atomic E-state index is -3.97. The Labute approximate surface area is 224 Å². The van der Waals surface area contributed by atoms with Gasteiger partial charge in [0.25, 0.3) is 5.91 Å². The second-order valence-electron chi connectivity index (χ2n) is 10.0. The van der Waals surface area contributed by atoms with Gasteiger partial charge in [-0.3, -0.25) is 4.79 Å². The van der Waals surface area contributed by atoms with E-state index in [4.69, 9.17) is 0 Å². The van der Waals surface area contributed by atoms with E-state index >= 15 is 4.39 Å².